The number of halogens is 2. The van der Waals surface area contributed by atoms with E-state index in [1.54, 1.807) is 12.4 Å². The average Bonchev–Trinajstić information content (AvgIpc) is 3.57. The van der Waals surface area contributed by atoms with Crippen molar-refractivity contribution >= 4 is 16.8 Å². The number of H-pyrrole nitrogens is 1. The van der Waals surface area contributed by atoms with E-state index in [9.17, 15) is 13.6 Å². The van der Waals surface area contributed by atoms with Crippen LogP contribution >= 0.6 is 0 Å². The SMILES string of the molecule is Cc1ncc(C(=O)N(CCc2c[nH]c3cc(F)c(F)cc23)CC2CC2)c(-c2ccccc2)n1. The maximum Gasteiger partial charge on any atom is 0.257 e. The van der Waals surface area contributed by atoms with Gasteiger partial charge in [0, 0.05) is 48.0 Å². The van der Waals surface area contributed by atoms with E-state index in [0.717, 1.165) is 30.0 Å². The highest BCUT2D eigenvalue weighted by Gasteiger charge is 2.29. The number of nitrogens with one attached hydrogen (secondary N) is 1. The van der Waals surface area contributed by atoms with E-state index in [-0.39, 0.29) is 5.91 Å². The number of nitrogens with zero attached hydrogens (tertiary/aromatic N) is 3. The summed E-state index contributed by atoms with van der Waals surface area (Å²) in [6, 6.07) is 12.0. The number of amides is 1. The highest BCUT2D eigenvalue weighted by atomic mass is 19.2. The smallest absolute Gasteiger partial charge is 0.257 e. The van der Waals surface area contributed by atoms with Crippen LogP contribution in [-0.2, 0) is 6.42 Å². The van der Waals surface area contributed by atoms with Crippen molar-refractivity contribution in [3.05, 3.63) is 83.4 Å². The predicted molar refractivity (Wildman–Crippen MR) is 123 cm³/mol. The molecule has 168 valence electrons. The van der Waals surface area contributed by atoms with E-state index < -0.39 is 11.6 Å². The van der Waals surface area contributed by atoms with E-state index in [1.165, 1.54) is 6.07 Å². The van der Waals surface area contributed by atoms with Crippen LogP contribution in [0.25, 0.3) is 22.2 Å². The van der Waals surface area contributed by atoms with Crippen LogP contribution in [0.4, 0.5) is 8.78 Å². The van der Waals surface area contributed by atoms with Gasteiger partial charge in [-0.15, -0.1) is 0 Å². The van der Waals surface area contributed by atoms with Crippen LogP contribution in [0.1, 0.15) is 34.6 Å². The van der Waals surface area contributed by atoms with Crippen LogP contribution < -0.4 is 0 Å². The largest absolute Gasteiger partial charge is 0.361 e. The normalized spacial score (nSPS) is 13.4. The fraction of sp³-hybridized carbons (Fsp3) is 0.269. The summed E-state index contributed by atoms with van der Waals surface area (Å²) in [4.78, 5) is 27.4. The number of aryl methyl sites for hydroxylation is 1. The summed E-state index contributed by atoms with van der Waals surface area (Å²) in [5.41, 5.74) is 3.35. The molecule has 4 aromatic rings. The first-order chi connectivity index (χ1) is 16.0. The molecule has 0 saturated heterocycles. The zero-order valence-electron chi connectivity index (χ0n) is 18.3. The van der Waals surface area contributed by atoms with Gasteiger partial charge in [0.1, 0.15) is 5.82 Å². The van der Waals surface area contributed by atoms with Gasteiger partial charge in [-0.05, 0) is 43.7 Å². The molecule has 1 aliphatic carbocycles. The fourth-order valence-corrected chi connectivity index (χ4v) is 4.14. The Balaban J connectivity index is 1.43. The zero-order chi connectivity index (χ0) is 22.9. The molecule has 1 fully saturated rings. The van der Waals surface area contributed by atoms with E-state index in [0.29, 0.717) is 53.4 Å². The van der Waals surface area contributed by atoms with Gasteiger partial charge in [-0.2, -0.15) is 0 Å². The lowest BCUT2D eigenvalue weighted by atomic mass is 10.1. The molecule has 33 heavy (non-hydrogen) atoms. The highest BCUT2D eigenvalue weighted by Crippen LogP contribution is 2.31. The summed E-state index contributed by atoms with van der Waals surface area (Å²) in [7, 11) is 0. The van der Waals surface area contributed by atoms with Crippen LogP contribution in [-0.4, -0.2) is 38.8 Å². The average molecular weight is 447 g/mol. The van der Waals surface area contributed by atoms with Gasteiger partial charge in [0.05, 0.1) is 11.3 Å². The molecule has 1 N–H and O–H groups in total. The molecule has 7 heteroatoms. The standard InChI is InChI=1S/C26H24F2N4O/c1-16-29-14-21(25(31-16)18-5-3-2-4-6-18)26(33)32(15-17-7-8-17)10-9-19-13-30-24-12-23(28)22(27)11-20(19)24/h2-6,11-14,17,30H,7-10,15H2,1H3. The second kappa shape index (κ2) is 8.73. The third-order valence-corrected chi connectivity index (χ3v) is 6.11. The third-order valence-electron chi connectivity index (χ3n) is 6.11. The minimum Gasteiger partial charge on any atom is -0.361 e. The summed E-state index contributed by atoms with van der Waals surface area (Å²) in [5, 5.41) is 0.636. The molecule has 0 radical (unpaired) electrons. The van der Waals surface area contributed by atoms with Gasteiger partial charge in [-0.1, -0.05) is 30.3 Å². The van der Waals surface area contributed by atoms with Crippen LogP contribution in [0.2, 0.25) is 0 Å². The van der Waals surface area contributed by atoms with E-state index in [4.69, 9.17) is 0 Å². The molecule has 2 aromatic carbocycles. The van der Waals surface area contributed by atoms with Gasteiger partial charge in [0.15, 0.2) is 11.6 Å². The van der Waals surface area contributed by atoms with Crippen LogP contribution in [0.15, 0.2) is 54.9 Å². The number of hydrogen-bond acceptors (Lipinski definition) is 3. The molecular weight excluding hydrogens is 422 g/mol. The first kappa shape index (κ1) is 21.2. The van der Waals surface area contributed by atoms with Gasteiger partial charge in [0.2, 0.25) is 0 Å². The van der Waals surface area contributed by atoms with Crippen LogP contribution in [0.5, 0.6) is 0 Å². The Morgan fingerprint density at radius 1 is 1.15 bits per heavy atom. The Hall–Kier alpha value is -3.61. The summed E-state index contributed by atoms with van der Waals surface area (Å²) >= 11 is 0. The monoisotopic (exact) mass is 446 g/mol. The first-order valence-corrected chi connectivity index (χ1v) is 11.1. The van der Waals surface area contributed by atoms with Gasteiger partial charge in [-0.25, -0.2) is 18.7 Å². The minimum atomic E-state index is -0.880. The Morgan fingerprint density at radius 2 is 1.91 bits per heavy atom. The number of fused-ring (bicyclic) bond motifs is 1. The lowest BCUT2D eigenvalue weighted by Gasteiger charge is -2.23. The van der Waals surface area contributed by atoms with E-state index in [2.05, 4.69) is 15.0 Å². The molecule has 0 unspecified atom stereocenters. The minimum absolute atomic E-state index is 0.113. The number of rotatable bonds is 7. The van der Waals surface area contributed by atoms with Gasteiger partial charge < -0.3 is 9.88 Å². The molecule has 1 amide bonds. The number of carbonyl (C=O) groups excluding carboxylic acids is 1. The van der Waals surface area contributed by atoms with Crippen molar-refractivity contribution < 1.29 is 13.6 Å². The van der Waals surface area contributed by atoms with Crippen LogP contribution in [0, 0.1) is 24.5 Å². The fourth-order valence-electron chi connectivity index (χ4n) is 4.14. The van der Waals surface area contributed by atoms with Crippen molar-refractivity contribution in [2.45, 2.75) is 26.2 Å². The van der Waals surface area contributed by atoms with Crippen molar-refractivity contribution in [1.82, 2.24) is 19.9 Å². The number of aromatic amines is 1. The zero-order valence-corrected chi connectivity index (χ0v) is 18.3. The second-order valence-electron chi connectivity index (χ2n) is 8.62. The van der Waals surface area contributed by atoms with Crippen molar-refractivity contribution in [3.63, 3.8) is 0 Å². The van der Waals surface area contributed by atoms with E-state index in [1.807, 2.05) is 42.2 Å². The van der Waals surface area contributed by atoms with Crippen molar-refractivity contribution in [2.24, 2.45) is 5.92 Å². The maximum atomic E-state index is 13.8. The molecule has 2 aromatic heterocycles. The molecule has 0 atom stereocenters. The van der Waals surface area contributed by atoms with Crippen molar-refractivity contribution in [2.75, 3.05) is 13.1 Å². The molecule has 5 rings (SSSR count). The quantitative estimate of drug-likeness (QED) is 0.419. The molecule has 0 aliphatic heterocycles. The Morgan fingerprint density at radius 3 is 2.67 bits per heavy atom. The molecule has 2 heterocycles. The second-order valence-corrected chi connectivity index (χ2v) is 8.62. The molecular formula is C26H24F2N4O. The molecule has 0 spiro atoms. The number of hydrogen-bond donors (Lipinski definition) is 1. The topological polar surface area (TPSA) is 61.9 Å². The summed E-state index contributed by atoms with van der Waals surface area (Å²) in [6.45, 7) is 2.93. The van der Waals surface area contributed by atoms with Gasteiger partial charge in [0.25, 0.3) is 5.91 Å². The van der Waals surface area contributed by atoms with Gasteiger partial charge >= 0.3 is 0 Å². The summed E-state index contributed by atoms with van der Waals surface area (Å²) in [6.07, 6.45) is 6.11. The first-order valence-electron chi connectivity index (χ1n) is 11.1. The summed E-state index contributed by atoms with van der Waals surface area (Å²) < 4.78 is 27.4. The van der Waals surface area contributed by atoms with Crippen LogP contribution in [0.3, 0.4) is 0 Å². The number of carbonyl (C=O) groups is 1. The Bertz CT molecular complexity index is 1310. The maximum absolute atomic E-state index is 13.8. The number of benzene rings is 2. The Labute approximate surface area is 190 Å². The lowest BCUT2D eigenvalue weighted by molar-refractivity contribution is 0.0749. The Kier molecular flexibility index (Phi) is 5.62. The highest BCUT2D eigenvalue weighted by molar-refractivity contribution is 5.99. The lowest BCUT2D eigenvalue weighted by Crippen LogP contribution is -2.35. The molecule has 5 nitrogen and oxygen atoms in total. The van der Waals surface area contributed by atoms with Crippen molar-refractivity contribution in [3.8, 4) is 11.3 Å². The summed E-state index contributed by atoms with van der Waals surface area (Å²) in [5.74, 6) is -0.771. The third kappa shape index (κ3) is 4.49. The van der Waals surface area contributed by atoms with E-state index >= 15 is 0 Å². The van der Waals surface area contributed by atoms with Crippen molar-refractivity contribution in [1.29, 1.82) is 0 Å². The number of aromatic nitrogens is 3. The molecule has 1 aliphatic rings. The molecule has 0 bridgehead atoms. The molecule has 1 saturated carbocycles. The predicted octanol–water partition coefficient (Wildman–Crippen LogP) is 5.31. The van der Waals surface area contributed by atoms with Gasteiger partial charge in [-0.3, -0.25) is 4.79 Å².